The number of ether oxygens (including phenoxy) is 2. The van der Waals surface area contributed by atoms with Gasteiger partial charge in [0.15, 0.2) is 5.75 Å². The lowest BCUT2D eigenvalue weighted by atomic mass is 9.99. The van der Waals surface area contributed by atoms with Crippen LogP contribution in [0.4, 0.5) is 5.69 Å². The number of hydrogen-bond donors (Lipinski definition) is 2. The van der Waals surface area contributed by atoms with Crippen LogP contribution in [0.3, 0.4) is 0 Å². The Hall–Kier alpha value is -3.31. The number of likely N-dealkylation sites (N-methyl/N-ethyl adjacent to an activating group) is 1. The lowest BCUT2D eigenvalue weighted by Gasteiger charge is -2.38. The van der Waals surface area contributed by atoms with Crippen molar-refractivity contribution in [2.75, 3.05) is 38.6 Å². The predicted octanol–water partition coefficient (Wildman–Crippen LogP) is 4.50. The van der Waals surface area contributed by atoms with Crippen LogP contribution < -0.4 is 14.2 Å². The van der Waals surface area contributed by atoms with E-state index < -0.39 is 22.2 Å². The Morgan fingerprint density at radius 1 is 1.15 bits per heavy atom. The summed E-state index contributed by atoms with van der Waals surface area (Å²) in [6, 6.07) is 18.0. The monoisotopic (exact) mass is 601 g/mol. The first-order chi connectivity index (χ1) is 19.5. The van der Waals surface area contributed by atoms with E-state index in [4.69, 9.17) is 21.1 Å². The number of fused-ring (bicyclic) bond motifs is 1. The first kappa shape index (κ1) is 30.6. The highest BCUT2D eigenvalue weighted by atomic mass is 35.5. The third-order valence-electron chi connectivity index (χ3n) is 7.16. The van der Waals surface area contributed by atoms with Gasteiger partial charge in [-0.3, -0.25) is 14.4 Å². The summed E-state index contributed by atoms with van der Waals surface area (Å²) in [5.74, 6) is 0.451. The van der Waals surface area contributed by atoms with Crippen LogP contribution in [-0.4, -0.2) is 75.2 Å². The molecule has 0 unspecified atom stereocenters. The quantitative estimate of drug-likeness (QED) is 0.352. The molecule has 220 valence electrons. The highest BCUT2D eigenvalue weighted by molar-refractivity contribution is 7.92. The molecule has 11 heteroatoms. The molecule has 0 radical (unpaired) electrons. The lowest BCUT2D eigenvalue weighted by molar-refractivity contribution is 0.0344. The van der Waals surface area contributed by atoms with Gasteiger partial charge in [-0.1, -0.05) is 36.7 Å². The van der Waals surface area contributed by atoms with Crippen molar-refractivity contribution in [2.24, 2.45) is 5.92 Å². The number of nitrogens with one attached hydrogen (secondary N) is 1. The Balaban J connectivity index is 1.68. The van der Waals surface area contributed by atoms with Crippen molar-refractivity contribution in [2.45, 2.75) is 37.4 Å². The number of hydrogen-bond acceptors (Lipinski definition) is 7. The molecular weight excluding hydrogens is 566 g/mol. The van der Waals surface area contributed by atoms with E-state index >= 15 is 0 Å². The number of benzene rings is 3. The standard InChI is InChI=1S/C30H36ClN3O6S/c1-20-16-34(21(2)19-35)30(36)26-6-5-7-27(32-41(37,38)25-14-10-23(31)11-15-25)29(26)40-28(20)18-33(3)17-22-8-12-24(39-4)13-9-22/h5-15,20-21,28,32,35H,16-19H2,1-4H3/t20-,21-,28-/m1/s1. The van der Waals surface area contributed by atoms with E-state index in [0.29, 0.717) is 24.7 Å². The third-order valence-corrected chi connectivity index (χ3v) is 8.80. The molecule has 0 aliphatic carbocycles. The van der Waals surface area contributed by atoms with Crippen molar-refractivity contribution in [1.29, 1.82) is 0 Å². The normalized spacial score (nSPS) is 18.2. The minimum absolute atomic E-state index is 0.0244. The summed E-state index contributed by atoms with van der Waals surface area (Å²) in [7, 11) is -0.404. The van der Waals surface area contributed by atoms with Gasteiger partial charge in [0.05, 0.1) is 35.9 Å². The topological polar surface area (TPSA) is 108 Å². The van der Waals surface area contributed by atoms with Crippen LogP contribution in [0.2, 0.25) is 5.02 Å². The van der Waals surface area contributed by atoms with Gasteiger partial charge in [-0.25, -0.2) is 8.42 Å². The number of amides is 1. The number of carbonyl (C=O) groups is 1. The van der Waals surface area contributed by atoms with Crippen LogP contribution in [0.15, 0.2) is 71.6 Å². The summed E-state index contributed by atoms with van der Waals surface area (Å²) >= 11 is 5.95. The molecule has 0 aromatic heterocycles. The van der Waals surface area contributed by atoms with Crippen LogP contribution in [0, 0.1) is 5.92 Å². The Morgan fingerprint density at radius 2 is 1.83 bits per heavy atom. The van der Waals surface area contributed by atoms with Crippen LogP contribution in [0.25, 0.3) is 0 Å². The summed E-state index contributed by atoms with van der Waals surface area (Å²) in [4.78, 5) is 17.5. The van der Waals surface area contributed by atoms with Gasteiger partial charge in [0.25, 0.3) is 15.9 Å². The first-order valence-corrected chi connectivity index (χ1v) is 15.2. The number of anilines is 1. The van der Waals surface area contributed by atoms with Gasteiger partial charge < -0.3 is 19.5 Å². The average Bonchev–Trinajstić information content (AvgIpc) is 2.95. The maximum absolute atomic E-state index is 13.7. The molecule has 3 atom stereocenters. The molecule has 1 amide bonds. The summed E-state index contributed by atoms with van der Waals surface area (Å²) < 4.78 is 40.9. The molecule has 1 heterocycles. The molecule has 0 fully saturated rings. The van der Waals surface area contributed by atoms with E-state index in [1.807, 2.05) is 38.2 Å². The number of methoxy groups -OCH3 is 1. The van der Waals surface area contributed by atoms with Gasteiger partial charge in [-0.15, -0.1) is 0 Å². The van der Waals surface area contributed by atoms with Gasteiger partial charge in [0.2, 0.25) is 0 Å². The zero-order valence-electron chi connectivity index (χ0n) is 23.6. The van der Waals surface area contributed by atoms with Crippen LogP contribution in [0.5, 0.6) is 11.5 Å². The van der Waals surface area contributed by atoms with Crippen molar-refractivity contribution in [3.05, 3.63) is 82.9 Å². The summed E-state index contributed by atoms with van der Waals surface area (Å²) in [6.07, 6.45) is -0.403. The fraction of sp³-hybridized carbons (Fsp3) is 0.367. The molecular formula is C30H36ClN3O6S. The zero-order chi connectivity index (χ0) is 29.7. The van der Waals surface area contributed by atoms with Crippen molar-refractivity contribution in [3.8, 4) is 11.5 Å². The minimum Gasteiger partial charge on any atom is -0.497 e. The molecule has 3 aromatic rings. The molecule has 3 aromatic carbocycles. The fourth-order valence-corrected chi connectivity index (χ4v) is 5.96. The number of halogens is 1. The SMILES string of the molecule is COc1ccc(CN(C)C[C@H]2Oc3c(NS(=O)(=O)c4ccc(Cl)cc4)cccc3C(=O)N([C@H](C)CO)C[C@H]2C)cc1. The van der Waals surface area contributed by atoms with E-state index in [-0.39, 0.29) is 40.3 Å². The van der Waals surface area contributed by atoms with Crippen molar-refractivity contribution < 1.29 is 27.8 Å². The van der Waals surface area contributed by atoms with Gasteiger partial charge >= 0.3 is 0 Å². The van der Waals surface area contributed by atoms with Crippen LogP contribution >= 0.6 is 11.6 Å². The van der Waals surface area contributed by atoms with Crippen LogP contribution in [0.1, 0.15) is 29.8 Å². The average molecular weight is 602 g/mol. The number of sulfonamides is 1. The van der Waals surface area contributed by atoms with Crippen molar-refractivity contribution in [3.63, 3.8) is 0 Å². The number of carbonyl (C=O) groups excluding carboxylic acids is 1. The molecule has 2 N–H and O–H groups in total. The fourth-order valence-electron chi connectivity index (χ4n) is 4.77. The van der Waals surface area contributed by atoms with E-state index in [1.54, 1.807) is 37.1 Å². The van der Waals surface area contributed by atoms with Crippen LogP contribution in [-0.2, 0) is 16.6 Å². The minimum atomic E-state index is -4.01. The molecule has 0 bridgehead atoms. The Kier molecular flexibility index (Phi) is 9.80. The molecule has 4 rings (SSSR count). The largest absolute Gasteiger partial charge is 0.497 e. The lowest BCUT2D eigenvalue weighted by Crippen LogP contribution is -2.49. The van der Waals surface area contributed by atoms with Gasteiger partial charge in [0.1, 0.15) is 11.9 Å². The maximum Gasteiger partial charge on any atom is 0.262 e. The summed E-state index contributed by atoms with van der Waals surface area (Å²) in [6.45, 7) is 5.07. The van der Waals surface area contributed by atoms with E-state index in [0.717, 1.165) is 11.3 Å². The van der Waals surface area contributed by atoms with Gasteiger partial charge in [-0.05, 0) is 68.1 Å². The Bertz CT molecular complexity index is 1450. The van der Waals surface area contributed by atoms with Gasteiger partial charge in [0, 0.05) is 30.6 Å². The second kappa shape index (κ2) is 13.1. The zero-order valence-corrected chi connectivity index (χ0v) is 25.2. The Morgan fingerprint density at radius 3 is 2.46 bits per heavy atom. The third kappa shape index (κ3) is 7.32. The van der Waals surface area contributed by atoms with E-state index in [9.17, 15) is 18.3 Å². The number of aliphatic hydroxyl groups excluding tert-OH is 1. The highest BCUT2D eigenvalue weighted by Gasteiger charge is 2.35. The van der Waals surface area contributed by atoms with E-state index in [2.05, 4.69) is 9.62 Å². The molecule has 9 nitrogen and oxygen atoms in total. The molecule has 41 heavy (non-hydrogen) atoms. The van der Waals surface area contributed by atoms with Crippen molar-refractivity contribution >= 4 is 33.2 Å². The second-order valence-electron chi connectivity index (χ2n) is 10.4. The van der Waals surface area contributed by atoms with E-state index in [1.165, 1.54) is 24.3 Å². The summed E-state index contributed by atoms with van der Waals surface area (Å²) in [5, 5.41) is 10.3. The summed E-state index contributed by atoms with van der Waals surface area (Å²) in [5.41, 5.74) is 1.46. The Labute approximate surface area is 246 Å². The molecule has 0 saturated carbocycles. The second-order valence-corrected chi connectivity index (χ2v) is 12.5. The number of para-hydroxylation sites is 1. The maximum atomic E-state index is 13.7. The smallest absolute Gasteiger partial charge is 0.262 e. The number of aliphatic hydroxyl groups is 1. The number of rotatable bonds is 10. The first-order valence-electron chi connectivity index (χ1n) is 13.3. The number of nitrogens with zero attached hydrogens (tertiary/aromatic N) is 2. The van der Waals surface area contributed by atoms with Crippen molar-refractivity contribution in [1.82, 2.24) is 9.80 Å². The highest BCUT2D eigenvalue weighted by Crippen LogP contribution is 2.36. The molecule has 0 saturated heterocycles. The van der Waals surface area contributed by atoms with Gasteiger partial charge in [-0.2, -0.15) is 0 Å². The molecule has 1 aliphatic heterocycles. The molecule has 0 spiro atoms. The molecule has 1 aliphatic rings. The predicted molar refractivity (Wildman–Crippen MR) is 159 cm³/mol.